The molecule has 6 heteroatoms. The zero-order valence-corrected chi connectivity index (χ0v) is 19.8. The summed E-state index contributed by atoms with van der Waals surface area (Å²) in [7, 11) is 1.82. The van der Waals surface area contributed by atoms with Gasteiger partial charge in [-0.1, -0.05) is 55.5 Å². The number of nitrogens with one attached hydrogen (secondary N) is 2. The van der Waals surface area contributed by atoms with Crippen LogP contribution in [0.25, 0.3) is 0 Å². The third-order valence-electron chi connectivity index (χ3n) is 5.13. The van der Waals surface area contributed by atoms with E-state index in [9.17, 15) is 0 Å². The van der Waals surface area contributed by atoms with Gasteiger partial charge in [-0.3, -0.25) is 9.89 Å². The van der Waals surface area contributed by atoms with Crippen molar-refractivity contribution in [3.05, 3.63) is 70.8 Å². The van der Waals surface area contributed by atoms with Crippen molar-refractivity contribution in [2.24, 2.45) is 4.99 Å². The number of halogens is 1. The number of benzene rings is 2. The molecular formula is C23H33IN4O. The van der Waals surface area contributed by atoms with Crippen molar-refractivity contribution in [1.82, 2.24) is 15.5 Å². The predicted octanol–water partition coefficient (Wildman–Crippen LogP) is 3.56. The molecule has 0 amide bonds. The van der Waals surface area contributed by atoms with E-state index in [2.05, 4.69) is 76.0 Å². The summed E-state index contributed by atoms with van der Waals surface area (Å²) in [5.41, 5.74) is 5.31. The summed E-state index contributed by atoms with van der Waals surface area (Å²) in [4.78, 5) is 6.81. The minimum absolute atomic E-state index is 0. The first-order valence-corrected chi connectivity index (χ1v) is 10.2. The Hall–Kier alpha value is -1.64. The first-order valence-electron chi connectivity index (χ1n) is 10.2. The van der Waals surface area contributed by atoms with E-state index < -0.39 is 0 Å². The Kier molecular flexibility index (Phi) is 10.5. The maximum Gasteiger partial charge on any atom is 0.191 e. The van der Waals surface area contributed by atoms with Gasteiger partial charge in [-0.25, -0.2) is 0 Å². The van der Waals surface area contributed by atoms with Crippen LogP contribution in [0.1, 0.15) is 29.2 Å². The number of aryl methyl sites for hydroxylation is 1. The van der Waals surface area contributed by atoms with Gasteiger partial charge in [0.15, 0.2) is 5.96 Å². The molecule has 0 unspecified atom stereocenters. The average Bonchev–Trinajstić information content (AvgIpc) is 2.75. The minimum atomic E-state index is 0. The highest BCUT2D eigenvalue weighted by molar-refractivity contribution is 14.0. The van der Waals surface area contributed by atoms with Crippen molar-refractivity contribution in [3.63, 3.8) is 0 Å². The van der Waals surface area contributed by atoms with Crippen LogP contribution in [0.2, 0.25) is 0 Å². The molecule has 2 aromatic rings. The van der Waals surface area contributed by atoms with Crippen LogP contribution < -0.4 is 10.6 Å². The minimum Gasteiger partial charge on any atom is -0.379 e. The lowest BCUT2D eigenvalue weighted by Crippen LogP contribution is -2.36. The fourth-order valence-electron chi connectivity index (χ4n) is 3.52. The number of ether oxygens (including phenoxy) is 1. The lowest BCUT2D eigenvalue weighted by Gasteiger charge is -2.26. The average molecular weight is 508 g/mol. The van der Waals surface area contributed by atoms with Crippen molar-refractivity contribution in [1.29, 1.82) is 0 Å². The number of rotatable bonds is 7. The molecule has 1 heterocycles. The Morgan fingerprint density at radius 2 is 1.66 bits per heavy atom. The van der Waals surface area contributed by atoms with Crippen LogP contribution in [0.3, 0.4) is 0 Å². The van der Waals surface area contributed by atoms with E-state index in [1.54, 1.807) is 0 Å². The molecule has 1 aliphatic heterocycles. The van der Waals surface area contributed by atoms with Gasteiger partial charge in [0.25, 0.3) is 0 Å². The molecule has 1 aliphatic rings. The molecule has 2 N–H and O–H groups in total. The van der Waals surface area contributed by atoms with E-state index in [4.69, 9.17) is 4.74 Å². The first kappa shape index (κ1) is 23.6. The lowest BCUT2D eigenvalue weighted by molar-refractivity contribution is 0.0342. The van der Waals surface area contributed by atoms with Crippen LogP contribution in [0.15, 0.2) is 53.5 Å². The maximum atomic E-state index is 5.44. The van der Waals surface area contributed by atoms with Gasteiger partial charge in [0, 0.05) is 39.8 Å². The fraction of sp³-hybridized carbons (Fsp3) is 0.435. The van der Waals surface area contributed by atoms with Crippen LogP contribution in [-0.4, -0.2) is 44.2 Å². The lowest BCUT2D eigenvalue weighted by atomic mass is 10.1. The third kappa shape index (κ3) is 7.60. The number of aliphatic imine (C=N–C) groups is 1. The van der Waals surface area contributed by atoms with E-state index in [0.29, 0.717) is 0 Å². The third-order valence-corrected chi connectivity index (χ3v) is 5.13. The molecule has 0 saturated carbocycles. The summed E-state index contributed by atoms with van der Waals surface area (Å²) < 4.78 is 5.44. The summed E-state index contributed by atoms with van der Waals surface area (Å²) in [5, 5.41) is 6.86. The Balaban J connectivity index is 0.00000300. The number of morpholine rings is 1. The second-order valence-corrected chi connectivity index (χ2v) is 7.11. The number of hydrogen-bond acceptors (Lipinski definition) is 3. The molecule has 3 rings (SSSR count). The largest absolute Gasteiger partial charge is 0.379 e. The molecule has 0 bridgehead atoms. The molecule has 5 nitrogen and oxygen atoms in total. The Morgan fingerprint density at radius 3 is 2.38 bits per heavy atom. The summed E-state index contributed by atoms with van der Waals surface area (Å²) in [6.45, 7) is 8.41. The van der Waals surface area contributed by atoms with Crippen molar-refractivity contribution in [2.45, 2.75) is 33.0 Å². The molecule has 0 atom stereocenters. The summed E-state index contributed by atoms with van der Waals surface area (Å²) >= 11 is 0. The van der Waals surface area contributed by atoms with Gasteiger partial charge >= 0.3 is 0 Å². The SMILES string of the molecule is CCc1ccccc1CNC(=NC)NCc1cccc(CN2CCOCC2)c1.I. The van der Waals surface area contributed by atoms with Gasteiger partial charge in [-0.05, 0) is 28.7 Å². The molecule has 1 fully saturated rings. The molecule has 0 spiro atoms. The topological polar surface area (TPSA) is 48.9 Å². The standard InChI is InChI=1S/C23H32N4O.HI/c1-3-21-9-4-5-10-22(21)17-26-23(24-2)25-16-19-7-6-8-20(15-19)18-27-11-13-28-14-12-27;/h4-10,15H,3,11-14,16-18H2,1-2H3,(H2,24,25,26);1H. The van der Waals surface area contributed by atoms with E-state index in [1.165, 1.54) is 22.3 Å². The van der Waals surface area contributed by atoms with Crippen molar-refractivity contribution in [2.75, 3.05) is 33.4 Å². The number of guanidine groups is 1. The molecule has 0 aliphatic carbocycles. The van der Waals surface area contributed by atoms with Crippen LogP contribution in [-0.2, 0) is 30.8 Å². The highest BCUT2D eigenvalue weighted by atomic mass is 127. The second-order valence-electron chi connectivity index (χ2n) is 7.11. The predicted molar refractivity (Wildman–Crippen MR) is 131 cm³/mol. The van der Waals surface area contributed by atoms with Gasteiger partial charge in [0.05, 0.1) is 13.2 Å². The van der Waals surface area contributed by atoms with Gasteiger partial charge in [-0.2, -0.15) is 0 Å². The smallest absolute Gasteiger partial charge is 0.191 e. The fourth-order valence-corrected chi connectivity index (χ4v) is 3.52. The van der Waals surface area contributed by atoms with E-state index in [0.717, 1.165) is 58.3 Å². The highest BCUT2D eigenvalue weighted by Crippen LogP contribution is 2.11. The van der Waals surface area contributed by atoms with E-state index in [-0.39, 0.29) is 24.0 Å². The van der Waals surface area contributed by atoms with Crippen molar-refractivity contribution >= 4 is 29.9 Å². The first-order chi connectivity index (χ1) is 13.8. The van der Waals surface area contributed by atoms with Gasteiger partial charge in [0.2, 0.25) is 0 Å². The van der Waals surface area contributed by atoms with Crippen LogP contribution >= 0.6 is 24.0 Å². The zero-order chi connectivity index (χ0) is 19.6. The van der Waals surface area contributed by atoms with Crippen molar-refractivity contribution in [3.8, 4) is 0 Å². The van der Waals surface area contributed by atoms with E-state index in [1.807, 2.05) is 7.05 Å². The van der Waals surface area contributed by atoms with Gasteiger partial charge < -0.3 is 15.4 Å². The summed E-state index contributed by atoms with van der Waals surface area (Å²) in [6, 6.07) is 17.3. The van der Waals surface area contributed by atoms with Crippen molar-refractivity contribution < 1.29 is 4.74 Å². The number of hydrogen-bond donors (Lipinski definition) is 2. The van der Waals surface area contributed by atoms with E-state index >= 15 is 0 Å². The van der Waals surface area contributed by atoms with Crippen LogP contribution in [0.5, 0.6) is 0 Å². The normalized spacial score (nSPS) is 14.9. The molecule has 29 heavy (non-hydrogen) atoms. The maximum absolute atomic E-state index is 5.44. The Bertz CT molecular complexity index is 775. The van der Waals surface area contributed by atoms with Gasteiger partial charge in [-0.15, -0.1) is 24.0 Å². The Labute approximate surface area is 192 Å². The van der Waals surface area contributed by atoms with Gasteiger partial charge in [0.1, 0.15) is 0 Å². The summed E-state index contributed by atoms with van der Waals surface area (Å²) in [6.07, 6.45) is 1.04. The quantitative estimate of drug-likeness (QED) is 0.341. The van der Waals surface area contributed by atoms with Crippen LogP contribution in [0, 0.1) is 0 Å². The Morgan fingerprint density at radius 1 is 0.966 bits per heavy atom. The number of nitrogens with zero attached hydrogens (tertiary/aromatic N) is 2. The monoisotopic (exact) mass is 508 g/mol. The summed E-state index contributed by atoms with van der Waals surface area (Å²) in [5.74, 6) is 0.824. The zero-order valence-electron chi connectivity index (χ0n) is 17.5. The second kappa shape index (κ2) is 12.8. The molecule has 1 saturated heterocycles. The highest BCUT2D eigenvalue weighted by Gasteiger charge is 2.11. The molecule has 158 valence electrons. The molecular weight excluding hydrogens is 475 g/mol. The molecule has 0 aromatic heterocycles. The van der Waals surface area contributed by atoms with Crippen LogP contribution in [0.4, 0.5) is 0 Å². The molecule has 2 aromatic carbocycles. The molecule has 0 radical (unpaired) electrons.